The van der Waals surface area contributed by atoms with Crippen molar-refractivity contribution in [3.8, 4) is 16.9 Å². The molecule has 0 saturated heterocycles. The maximum Gasteiger partial charge on any atom is 0.246 e. The van der Waals surface area contributed by atoms with E-state index < -0.39 is 0 Å². The Hall–Kier alpha value is -3.88. The standard InChI is InChI=1S/C21H23N7O2/c1-21(2,3)30-17-6-4-16(5-7-17)24-19(29)13-27-12-15(11-23-27)14-8-9-28-18(10-14)25-20(22)26-28/h4-12H,13H2,1-3H3,(H2,22,26)(H,24,29). The number of fused-ring (bicyclic) bond motifs is 1. The highest BCUT2D eigenvalue weighted by Gasteiger charge is 2.12. The number of nitrogens with two attached hydrogens (primary N) is 1. The van der Waals surface area contributed by atoms with Crippen molar-refractivity contribution in [2.24, 2.45) is 0 Å². The molecule has 0 bridgehead atoms. The normalized spacial score (nSPS) is 11.6. The zero-order valence-corrected chi connectivity index (χ0v) is 17.0. The van der Waals surface area contributed by atoms with Crippen molar-refractivity contribution in [3.05, 3.63) is 55.0 Å². The van der Waals surface area contributed by atoms with Gasteiger partial charge >= 0.3 is 0 Å². The second-order valence-corrected chi connectivity index (χ2v) is 7.90. The number of hydrogen-bond donors (Lipinski definition) is 2. The fourth-order valence-corrected chi connectivity index (χ4v) is 2.98. The first-order valence-electron chi connectivity index (χ1n) is 9.49. The molecule has 0 radical (unpaired) electrons. The van der Waals surface area contributed by atoms with Crippen LogP contribution in [0.15, 0.2) is 55.0 Å². The molecule has 0 aliphatic rings. The molecule has 9 heteroatoms. The van der Waals surface area contributed by atoms with Gasteiger partial charge in [-0.05, 0) is 62.7 Å². The van der Waals surface area contributed by atoms with Crippen LogP contribution >= 0.6 is 0 Å². The molecule has 0 aliphatic carbocycles. The third-order valence-electron chi connectivity index (χ3n) is 4.19. The van der Waals surface area contributed by atoms with Gasteiger partial charge in [-0.1, -0.05) is 0 Å². The number of carbonyl (C=O) groups is 1. The summed E-state index contributed by atoms with van der Waals surface area (Å²) in [6.45, 7) is 6.06. The van der Waals surface area contributed by atoms with Gasteiger partial charge in [-0.15, -0.1) is 5.10 Å². The van der Waals surface area contributed by atoms with E-state index in [1.807, 2.05) is 63.4 Å². The quantitative estimate of drug-likeness (QED) is 0.528. The lowest BCUT2D eigenvalue weighted by Gasteiger charge is -2.21. The van der Waals surface area contributed by atoms with Crippen LogP contribution in [0, 0.1) is 0 Å². The first-order chi connectivity index (χ1) is 14.2. The third kappa shape index (κ3) is 4.57. The predicted molar refractivity (Wildman–Crippen MR) is 114 cm³/mol. The van der Waals surface area contributed by atoms with E-state index in [0.717, 1.165) is 16.9 Å². The Kier molecular flexibility index (Phi) is 4.86. The molecule has 1 amide bonds. The van der Waals surface area contributed by atoms with E-state index in [1.165, 1.54) is 0 Å². The van der Waals surface area contributed by atoms with E-state index >= 15 is 0 Å². The average molecular weight is 405 g/mol. The van der Waals surface area contributed by atoms with Crippen LogP contribution in [0.2, 0.25) is 0 Å². The van der Waals surface area contributed by atoms with Gasteiger partial charge in [-0.3, -0.25) is 9.48 Å². The van der Waals surface area contributed by atoms with Crippen LogP contribution in [0.3, 0.4) is 0 Å². The van der Waals surface area contributed by atoms with E-state index in [9.17, 15) is 4.79 Å². The number of nitrogen functional groups attached to an aromatic ring is 1. The summed E-state index contributed by atoms with van der Waals surface area (Å²) in [4.78, 5) is 16.5. The molecular formula is C21H23N7O2. The van der Waals surface area contributed by atoms with Gasteiger partial charge in [-0.2, -0.15) is 10.1 Å². The summed E-state index contributed by atoms with van der Waals surface area (Å²) < 4.78 is 8.98. The van der Waals surface area contributed by atoms with Crippen molar-refractivity contribution in [1.82, 2.24) is 24.4 Å². The molecule has 3 N–H and O–H groups in total. The van der Waals surface area contributed by atoms with Crippen LogP contribution < -0.4 is 15.8 Å². The molecule has 0 saturated carbocycles. The van der Waals surface area contributed by atoms with Crippen LogP contribution in [0.1, 0.15) is 20.8 Å². The number of hydrogen-bond acceptors (Lipinski definition) is 6. The number of nitrogens with one attached hydrogen (secondary N) is 1. The van der Waals surface area contributed by atoms with Crippen LogP contribution in [-0.4, -0.2) is 35.9 Å². The molecule has 0 atom stereocenters. The number of rotatable bonds is 5. The van der Waals surface area contributed by atoms with Crippen molar-refractivity contribution >= 4 is 23.2 Å². The van der Waals surface area contributed by atoms with Crippen LogP contribution in [0.4, 0.5) is 11.6 Å². The summed E-state index contributed by atoms with van der Waals surface area (Å²) in [5, 5.41) is 11.2. The van der Waals surface area contributed by atoms with Gasteiger partial charge < -0.3 is 15.8 Å². The summed E-state index contributed by atoms with van der Waals surface area (Å²) in [6, 6.07) is 11.1. The molecule has 3 aromatic heterocycles. The molecule has 9 nitrogen and oxygen atoms in total. The zero-order chi connectivity index (χ0) is 21.3. The van der Waals surface area contributed by atoms with Crippen molar-refractivity contribution in [3.63, 3.8) is 0 Å². The largest absolute Gasteiger partial charge is 0.488 e. The van der Waals surface area contributed by atoms with E-state index in [4.69, 9.17) is 10.5 Å². The van der Waals surface area contributed by atoms with Gasteiger partial charge in [0, 0.05) is 23.6 Å². The van der Waals surface area contributed by atoms with Gasteiger partial charge in [-0.25, -0.2) is 4.52 Å². The van der Waals surface area contributed by atoms with Crippen LogP contribution in [0.5, 0.6) is 5.75 Å². The Morgan fingerprint density at radius 3 is 2.67 bits per heavy atom. The second-order valence-electron chi connectivity index (χ2n) is 7.90. The molecule has 30 heavy (non-hydrogen) atoms. The lowest BCUT2D eigenvalue weighted by Crippen LogP contribution is -2.23. The zero-order valence-electron chi connectivity index (χ0n) is 17.0. The van der Waals surface area contributed by atoms with Gasteiger partial charge in [0.05, 0.1) is 6.20 Å². The lowest BCUT2D eigenvalue weighted by atomic mass is 10.1. The SMILES string of the molecule is CC(C)(C)Oc1ccc(NC(=O)Cn2cc(-c3ccn4nc(N)nc4c3)cn2)cc1. The number of nitrogens with zero attached hydrogens (tertiary/aromatic N) is 5. The molecule has 0 unspecified atom stereocenters. The number of ether oxygens (including phenoxy) is 1. The van der Waals surface area contributed by atoms with Gasteiger partial charge in [0.25, 0.3) is 0 Å². The van der Waals surface area contributed by atoms with E-state index in [-0.39, 0.29) is 24.0 Å². The monoisotopic (exact) mass is 405 g/mol. The fourth-order valence-electron chi connectivity index (χ4n) is 2.98. The van der Waals surface area contributed by atoms with E-state index in [1.54, 1.807) is 21.6 Å². The second kappa shape index (κ2) is 7.51. The molecule has 3 heterocycles. The highest BCUT2D eigenvalue weighted by molar-refractivity contribution is 5.90. The summed E-state index contributed by atoms with van der Waals surface area (Å²) in [5.41, 5.74) is 8.48. The number of anilines is 2. The molecular weight excluding hydrogens is 382 g/mol. The fraction of sp³-hybridized carbons (Fsp3) is 0.238. The Morgan fingerprint density at radius 2 is 1.93 bits per heavy atom. The molecule has 0 aliphatic heterocycles. The summed E-state index contributed by atoms with van der Waals surface area (Å²) in [7, 11) is 0. The molecule has 154 valence electrons. The summed E-state index contributed by atoms with van der Waals surface area (Å²) >= 11 is 0. The molecule has 4 aromatic rings. The van der Waals surface area contributed by atoms with Gasteiger partial charge in [0.15, 0.2) is 5.65 Å². The minimum absolute atomic E-state index is 0.0976. The maximum absolute atomic E-state index is 12.4. The van der Waals surface area contributed by atoms with E-state index in [0.29, 0.717) is 11.3 Å². The smallest absolute Gasteiger partial charge is 0.246 e. The minimum Gasteiger partial charge on any atom is -0.488 e. The average Bonchev–Trinajstić information content (AvgIpc) is 3.26. The van der Waals surface area contributed by atoms with E-state index in [2.05, 4.69) is 20.5 Å². The first kappa shape index (κ1) is 19.4. The van der Waals surface area contributed by atoms with Crippen molar-refractivity contribution < 1.29 is 9.53 Å². The molecule has 4 rings (SSSR count). The summed E-state index contributed by atoms with van der Waals surface area (Å²) in [6.07, 6.45) is 5.30. The third-order valence-corrected chi connectivity index (χ3v) is 4.19. The minimum atomic E-state index is -0.270. The molecule has 0 fully saturated rings. The lowest BCUT2D eigenvalue weighted by molar-refractivity contribution is -0.116. The Morgan fingerprint density at radius 1 is 1.17 bits per heavy atom. The van der Waals surface area contributed by atoms with Crippen LogP contribution in [-0.2, 0) is 11.3 Å². The highest BCUT2D eigenvalue weighted by Crippen LogP contribution is 2.21. The Balaban J connectivity index is 1.40. The molecule has 0 spiro atoms. The number of aromatic nitrogens is 5. The Labute approximate surface area is 173 Å². The number of carbonyl (C=O) groups excluding carboxylic acids is 1. The number of pyridine rings is 1. The van der Waals surface area contributed by atoms with Crippen LogP contribution in [0.25, 0.3) is 16.8 Å². The Bertz CT molecular complexity index is 1190. The van der Waals surface area contributed by atoms with Crippen molar-refractivity contribution in [2.45, 2.75) is 32.9 Å². The highest BCUT2D eigenvalue weighted by atomic mass is 16.5. The van der Waals surface area contributed by atoms with Crippen molar-refractivity contribution in [1.29, 1.82) is 0 Å². The number of benzene rings is 1. The first-order valence-corrected chi connectivity index (χ1v) is 9.49. The topological polar surface area (TPSA) is 112 Å². The predicted octanol–water partition coefficient (Wildman–Crippen LogP) is 2.99. The summed E-state index contributed by atoms with van der Waals surface area (Å²) in [5.74, 6) is 0.802. The van der Waals surface area contributed by atoms with Crippen molar-refractivity contribution in [2.75, 3.05) is 11.1 Å². The molecule has 1 aromatic carbocycles. The number of amides is 1. The maximum atomic E-state index is 12.4. The van der Waals surface area contributed by atoms with Gasteiger partial charge in [0.1, 0.15) is 17.9 Å². The van der Waals surface area contributed by atoms with Gasteiger partial charge in [0.2, 0.25) is 11.9 Å².